The molecule has 5 aromatic rings. The Morgan fingerprint density at radius 2 is 1.30 bits per heavy atom. The summed E-state index contributed by atoms with van der Waals surface area (Å²) in [5.41, 5.74) is 1.39. The average Bonchev–Trinajstić information content (AvgIpc) is 2.80. The highest BCUT2D eigenvalue weighted by Crippen LogP contribution is 2.36. The van der Waals surface area contributed by atoms with Crippen molar-refractivity contribution in [3.63, 3.8) is 0 Å². The number of benzene rings is 5. The van der Waals surface area contributed by atoms with E-state index in [1.54, 1.807) is 6.07 Å². The van der Waals surface area contributed by atoms with Crippen molar-refractivity contribution in [1.29, 1.82) is 0 Å². The Balaban J connectivity index is 1.38. The molecule has 0 atom stereocenters. The minimum absolute atomic E-state index is 0.104. The normalized spacial score (nSPS) is 11.2. The largest absolute Gasteiger partial charge is 0.509 e. The molecule has 30 heavy (non-hydrogen) atoms. The summed E-state index contributed by atoms with van der Waals surface area (Å²) in [6, 6.07) is 27.4. The Bertz CT molecular complexity index is 1360. The van der Waals surface area contributed by atoms with Crippen LogP contribution in [0.4, 0.5) is 4.79 Å². The summed E-state index contributed by atoms with van der Waals surface area (Å²) in [7, 11) is 0. The van der Waals surface area contributed by atoms with E-state index in [2.05, 4.69) is 24.3 Å². The monoisotopic (exact) mass is 394 g/mol. The average molecular weight is 394 g/mol. The van der Waals surface area contributed by atoms with E-state index in [4.69, 9.17) is 9.47 Å². The van der Waals surface area contributed by atoms with E-state index in [0.29, 0.717) is 5.56 Å². The van der Waals surface area contributed by atoms with Gasteiger partial charge in [0, 0.05) is 5.56 Å². The summed E-state index contributed by atoms with van der Waals surface area (Å²) in [6.45, 7) is -0.260. The van der Waals surface area contributed by atoms with Crippen LogP contribution >= 0.6 is 0 Å². The van der Waals surface area contributed by atoms with E-state index >= 15 is 0 Å². The van der Waals surface area contributed by atoms with Gasteiger partial charge in [-0.05, 0) is 37.9 Å². The fourth-order valence-electron chi connectivity index (χ4n) is 3.94. The van der Waals surface area contributed by atoms with Crippen molar-refractivity contribution in [2.75, 3.05) is 6.61 Å². The molecule has 0 aliphatic rings. The zero-order valence-corrected chi connectivity index (χ0v) is 16.1. The predicted molar refractivity (Wildman–Crippen MR) is 117 cm³/mol. The number of carbonyl (C=O) groups excluding carboxylic acids is 2. The van der Waals surface area contributed by atoms with Gasteiger partial charge in [-0.2, -0.15) is 0 Å². The molecule has 0 heterocycles. The zero-order valence-electron chi connectivity index (χ0n) is 16.1. The molecule has 0 aliphatic carbocycles. The van der Waals surface area contributed by atoms with Gasteiger partial charge in [-0.25, -0.2) is 4.79 Å². The van der Waals surface area contributed by atoms with Crippen LogP contribution in [0.25, 0.3) is 32.3 Å². The van der Waals surface area contributed by atoms with E-state index in [9.17, 15) is 9.59 Å². The quantitative estimate of drug-likeness (QED) is 0.205. The van der Waals surface area contributed by atoms with Crippen molar-refractivity contribution in [3.05, 3.63) is 96.1 Å². The summed E-state index contributed by atoms with van der Waals surface area (Å²) >= 11 is 0. The van der Waals surface area contributed by atoms with Crippen LogP contribution in [0.15, 0.2) is 84.9 Å². The Hall–Kier alpha value is -3.92. The summed E-state index contributed by atoms with van der Waals surface area (Å²) in [6.07, 6.45) is -0.857. The first-order chi connectivity index (χ1) is 14.7. The lowest BCUT2D eigenvalue weighted by molar-refractivity contribution is 0.0458. The molecule has 146 valence electrons. The lowest BCUT2D eigenvalue weighted by atomic mass is 9.91. The molecular weight excluding hydrogens is 376 g/mol. The van der Waals surface area contributed by atoms with Gasteiger partial charge in [0.15, 0.2) is 6.61 Å². The first-order valence-electron chi connectivity index (χ1n) is 9.74. The second-order valence-corrected chi connectivity index (χ2v) is 7.21. The van der Waals surface area contributed by atoms with Crippen LogP contribution in [-0.2, 0) is 16.1 Å². The number of Topliss-reactive ketones (excluding diaryl/α,β-unsaturated/α-hetero) is 1. The van der Waals surface area contributed by atoms with Gasteiger partial charge < -0.3 is 9.47 Å². The van der Waals surface area contributed by atoms with Crippen molar-refractivity contribution in [2.45, 2.75) is 6.61 Å². The molecule has 0 saturated heterocycles. The molecular formula is C26H18O4. The van der Waals surface area contributed by atoms with E-state index < -0.39 is 6.16 Å². The second kappa shape index (κ2) is 7.48. The van der Waals surface area contributed by atoms with Crippen LogP contribution in [0.2, 0.25) is 0 Å². The maximum atomic E-state index is 12.8. The third-order valence-electron chi connectivity index (χ3n) is 5.35. The van der Waals surface area contributed by atoms with Crippen molar-refractivity contribution in [3.8, 4) is 0 Å². The Morgan fingerprint density at radius 1 is 0.633 bits per heavy atom. The highest BCUT2D eigenvalue weighted by atomic mass is 16.7. The Morgan fingerprint density at radius 3 is 2.07 bits per heavy atom. The molecule has 0 bridgehead atoms. The Kier molecular flexibility index (Phi) is 4.52. The summed E-state index contributed by atoms with van der Waals surface area (Å²) in [5.74, 6) is -0.260. The number of hydrogen-bond donors (Lipinski definition) is 0. The predicted octanol–water partition coefficient (Wildman–Crippen LogP) is 6.12. The molecule has 0 radical (unpaired) electrons. The van der Waals surface area contributed by atoms with Crippen LogP contribution in [0, 0.1) is 0 Å². The third kappa shape index (κ3) is 3.22. The topological polar surface area (TPSA) is 52.6 Å². The van der Waals surface area contributed by atoms with Gasteiger partial charge in [0.2, 0.25) is 5.78 Å². The molecule has 5 rings (SSSR count). The molecule has 4 heteroatoms. The van der Waals surface area contributed by atoms with E-state index in [0.717, 1.165) is 37.9 Å². The van der Waals surface area contributed by atoms with Gasteiger partial charge in [0.1, 0.15) is 6.61 Å². The van der Waals surface area contributed by atoms with Gasteiger partial charge >= 0.3 is 6.16 Å². The molecule has 0 fully saturated rings. The maximum Gasteiger partial charge on any atom is 0.509 e. The molecule has 0 saturated carbocycles. The lowest BCUT2D eigenvalue weighted by Crippen LogP contribution is -2.15. The van der Waals surface area contributed by atoms with Gasteiger partial charge in [0.05, 0.1) is 0 Å². The lowest BCUT2D eigenvalue weighted by Gasteiger charge is -2.13. The summed E-state index contributed by atoms with van der Waals surface area (Å²) < 4.78 is 10.1. The van der Waals surface area contributed by atoms with Crippen molar-refractivity contribution >= 4 is 44.3 Å². The van der Waals surface area contributed by atoms with E-state index in [1.807, 2.05) is 54.6 Å². The third-order valence-corrected chi connectivity index (χ3v) is 5.35. The second-order valence-electron chi connectivity index (χ2n) is 7.21. The van der Waals surface area contributed by atoms with Crippen molar-refractivity contribution < 1.29 is 19.1 Å². The molecule has 0 aliphatic heterocycles. The number of hydrogen-bond acceptors (Lipinski definition) is 4. The highest BCUT2D eigenvalue weighted by Gasteiger charge is 2.17. The van der Waals surface area contributed by atoms with Crippen LogP contribution in [0.1, 0.15) is 15.9 Å². The standard InChI is InChI=1S/C26H18O4/c27-23(16-30-26(28)29-15-17-5-2-1-3-6-17)21-13-11-20-10-9-18-7-4-8-19-12-14-22(21)25(20)24(18)19/h1-14H,15-16H2. The molecule has 0 amide bonds. The van der Waals surface area contributed by atoms with Crippen molar-refractivity contribution in [2.24, 2.45) is 0 Å². The smallest absolute Gasteiger partial charge is 0.429 e. The van der Waals surface area contributed by atoms with Crippen LogP contribution in [-0.4, -0.2) is 18.5 Å². The molecule has 0 N–H and O–H groups in total. The molecule has 4 nitrogen and oxygen atoms in total. The van der Waals surface area contributed by atoms with Crippen LogP contribution < -0.4 is 0 Å². The summed E-state index contributed by atoms with van der Waals surface area (Å²) in [4.78, 5) is 24.7. The SMILES string of the molecule is O=C(OCC(=O)c1ccc2ccc3cccc4ccc1c2c34)OCc1ccccc1. The van der Waals surface area contributed by atoms with Gasteiger partial charge in [0.25, 0.3) is 0 Å². The zero-order chi connectivity index (χ0) is 20.5. The molecule has 5 aromatic carbocycles. The van der Waals surface area contributed by atoms with E-state index in [1.165, 1.54) is 0 Å². The van der Waals surface area contributed by atoms with Gasteiger partial charge in [-0.15, -0.1) is 0 Å². The number of ketones is 1. The molecule has 0 unspecified atom stereocenters. The number of rotatable bonds is 5. The first kappa shape index (κ1) is 18.1. The molecule has 0 aromatic heterocycles. The Labute approximate surface area is 173 Å². The fraction of sp³-hybridized carbons (Fsp3) is 0.0769. The van der Waals surface area contributed by atoms with Gasteiger partial charge in [-0.1, -0.05) is 84.9 Å². The number of ether oxygens (including phenoxy) is 2. The fourth-order valence-corrected chi connectivity index (χ4v) is 3.94. The number of carbonyl (C=O) groups is 2. The molecule has 0 spiro atoms. The minimum Gasteiger partial charge on any atom is -0.429 e. The van der Waals surface area contributed by atoms with Crippen molar-refractivity contribution in [1.82, 2.24) is 0 Å². The maximum absolute atomic E-state index is 12.8. The van der Waals surface area contributed by atoms with Crippen LogP contribution in [0.5, 0.6) is 0 Å². The van der Waals surface area contributed by atoms with Gasteiger partial charge in [-0.3, -0.25) is 4.79 Å². The van der Waals surface area contributed by atoms with E-state index in [-0.39, 0.29) is 19.0 Å². The first-order valence-corrected chi connectivity index (χ1v) is 9.74. The highest BCUT2D eigenvalue weighted by molar-refractivity contribution is 6.26. The van der Waals surface area contributed by atoms with Crippen LogP contribution in [0.3, 0.4) is 0 Å². The summed E-state index contributed by atoms with van der Waals surface area (Å²) in [5, 5.41) is 6.41. The minimum atomic E-state index is -0.857.